The highest BCUT2D eigenvalue weighted by atomic mass is 16.7. The summed E-state index contributed by atoms with van der Waals surface area (Å²) >= 11 is 0. The van der Waals surface area contributed by atoms with Crippen LogP contribution >= 0.6 is 0 Å². The Bertz CT molecular complexity index is 1630. The van der Waals surface area contributed by atoms with Crippen molar-refractivity contribution in [1.29, 1.82) is 0 Å². The Morgan fingerprint density at radius 3 is 2.07 bits per heavy atom. The number of ether oxygens (including phenoxy) is 7. The van der Waals surface area contributed by atoms with Gasteiger partial charge in [-0.1, -0.05) is 20.8 Å². The molecule has 0 bridgehead atoms. The van der Waals surface area contributed by atoms with Crippen molar-refractivity contribution in [3.05, 3.63) is 0 Å². The zero-order chi connectivity index (χ0) is 43.7. The van der Waals surface area contributed by atoms with Gasteiger partial charge in [0.2, 0.25) is 0 Å². The summed E-state index contributed by atoms with van der Waals surface area (Å²) in [5.74, 6) is -1.46. The topological polar surface area (TPSA) is 240 Å². The van der Waals surface area contributed by atoms with Crippen molar-refractivity contribution in [3.63, 3.8) is 0 Å². The summed E-state index contributed by atoms with van der Waals surface area (Å²) in [5, 5.41) is 76.7. The second kappa shape index (κ2) is 15.3. The molecule has 3 heterocycles. The first-order valence-electron chi connectivity index (χ1n) is 22.3. The third-order valence-electron chi connectivity index (χ3n) is 17.4. The molecule has 0 unspecified atom stereocenters. The van der Waals surface area contributed by atoms with Gasteiger partial charge in [-0.2, -0.15) is 0 Å². The molecule has 8 fully saturated rings. The van der Waals surface area contributed by atoms with Crippen molar-refractivity contribution in [2.24, 2.45) is 45.3 Å². The maximum absolute atomic E-state index is 12.3. The van der Waals surface area contributed by atoms with Gasteiger partial charge in [0.15, 0.2) is 24.8 Å². The van der Waals surface area contributed by atoms with Gasteiger partial charge in [0.1, 0.15) is 30.5 Å². The fourth-order valence-corrected chi connectivity index (χ4v) is 15.0. The predicted octanol–water partition coefficient (Wildman–Crippen LogP) is 1.48. The molecule has 0 aromatic heterocycles. The van der Waals surface area contributed by atoms with Gasteiger partial charge in [-0.15, -0.1) is 0 Å². The predicted molar refractivity (Wildman–Crippen MR) is 208 cm³/mol. The van der Waals surface area contributed by atoms with E-state index in [4.69, 9.17) is 33.2 Å². The first-order valence-corrected chi connectivity index (χ1v) is 22.3. The van der Waals surface area contributed by atoms with E-state index in [1.807, 2.05) is 0 Å². The van der Waals surface area contributed by atoms with E-state index < -0.39 is 109 Å². The molecule has 0 radical (unpaired) electrons. The van der Waals surface area contributed by atoms with Crippen molar-refractivity contribution in [2.45, 2.75) is 204 Å². The summed E-state index contributed by atoms with van der Waals surface area (Å²) in [6.07, 6.45) is -7.53. The van der Waals surface area contributed by atoms with Crippen LogP contribution in [0.25, 0.3) is 0 Å². The SMILES string of the molecule is CC(=O)O[C@@H]1[C@@H](OC(C)=O)[C@H](O[C@H]2CC[C@]34C[C@]35CC[C@@]3(C)[C@@H](C[C@H](O)[C@@H]3[C@@]3(C)CC[C@@H](C(C)(C)O)O3)[C@@H]5C[C@H](O[C@@H]3O[C@H](CO)[C@@H](O)[C@H](O)[C@H]3O)[C@H]4C2(C)C)OC[C@H]1O. The lowest BCUT2D eigenvalue weighted by Gasteiger charge is -2.62. The van der Waals surface area contributed by atoms with Gasteiger partial charge in [-0.05, 0) is 118 Å². The molecule has 7 N–H and O–H groups in total. The maximum Gasteiger partial charge on any atom is 0.303 e. The van der Waals surface area contributed by atoms with E-state index in [2.05, 4.69) is 27.7 Å². The highest BCUT2D eigenvalue weighted by Gasteiger charge is 2.83. The van der Waals surface area contributed by atoms with E-state index in [1.54, 1.807) is 13.8 Å². The van der Waals surface area contributed by atoms with Gasteiger partial charge < -0.3 is 68.9 Å². The first kappa shape index (κ1) is 45.0. The van der Waals surface area contributed by atoms with Crippen LogP contribution in [0.2, 0.25) is 0 Å². The maximum atomic E-state index is 12.3. The van der Waals surface area contributed by atoms with Crippen molar-refractivity contribution in [2.75, 3.05) is 13.2 Å². The molecule has 16 heteroatoms. The number of carbonyl (C=O) groups excluding carboxylic acids is 2. The molecule has 342 valence electrons. The number of hydrogen-bond acceptors (Lipinski definition) is 16. The van der Waals surface area contributed by atoms with Gasteiger partial charge in [0.05, 0.1) is 48.8 Å². The minimum atomic E-state index is -1.63. The summed E-state index contributed by atoms with van der Waals surface area (Å²) in [5.41, 5.74) is -2.91. The van der Waals surface area contributed by atoms with Crippen LogP contribution in [0, 0.1) is 45.3 Å². The minimum absolute atomic E-state index is 0.0762. The van der Waals surface area contributed by atoms with Gasteiger partial charge >= 0.3 is 11.9 Å². The number of fused-ring (bicyclic) bond motifs is 2. The third-order valence-corrected chi connectivity index (χ3v) is 17.4. The van der Waals surface area contributed by atoms with Crippen LogP contribution < -0.4 is 0 Å². The number of aliphatic hydroxyl groups excluding tert-OH is 6. The lowest BCUT2D eigenvalue weighted by atomic mass is 9.45. The Kier molecular flexibility index (Phi) is 11.5. The van der Waals surface area contributed by atoms with E-state index in [9.17, 15) is 45.3 Å². The van der Waals surface area contributed by atoms with Crippen LogP contribution in [-0.4, -0.2) is 152 Å². The molecule has 8 rings (SSSR count). The molecule has 8 aliphatic rings. The molecule has 3 saturated heterocycles. The van der Waals surface area contributed by atoms with E-state index >= 15 is 0 Å². The number of aliphatic hydroxyl groups is 7. The van der Waals surface area contributed by atoms with Crippen molar-refractivity contribution in [3.8, 4) is 0 Å². The molecule has 3 aliphatic heterocycles. The minimum Gasteiger partial charge on any atom is -0.455 e. The van der Waals surface area contributed by atoms with Crippen LogP contribution in [0.3, 0.4) is 0 Å². The number of carbonyl (C=O) groups is 2. The number of hydrogen-bond donors (Lipinski definition) is 7. The summed E-state index contributed by atoms with van der Waals surface area (Å²) in [7, 11) is 0. The van der Waals surface area contributed by atoms with Crippen molar-refractivity contribution < 1.29 is 78.5 Å². The summed E-state index contributed by atoms with van der Waals surface area (Å²) in [4.78, 5) is 24.4. The van der Waals surface area contributed by atoms with E-state index in [-0.39, 0.29) is 52.6 Å². The average Bonchev–Trinajstić information content (AvgIpc) is 3.46. The van der Waals surface area contributed by atoms with E-state index in [1.165, 1.54) is 13.8 Å². The first-order chi connectivity index (χ1) is 27.9. The van der Waals surface area contributed by atoms with Gasteiger partial charge in [-0.3, -0.25) is 9.59 Å². The molecular formula is C44H70O16. The van der Waals surface area contributed by atoms with Crippen LogP contribution in [0.15, 0.2) is 0 Å². The molecule has 16 nitrogen and oxygen atoms in total. The Morgan fingerprint density at radius 1 is 0.750 bits per heavy atom. The smallest absolute Gasteiger partial charge is 0.303 e. The Morgan fingerprint density at radius 2 is 1.43 bits per heavy atom. The largest absolute Gasteiger partial charge is 0.455 e. The second-order valence-electron chi connectivity index (χ2n) is 21.6. The molecule has 5 saturated carbocycles. The highest BCUT2D eigenvalue weighted by molar-refractivity contribution is 5.67. The fraction of sp³-hybridized carbons (Fsp3) is 0.955. The molecule has 2 spiro atoms. The standard InChI is InChI=1S/C44H70O16/c1-20(46)55-33-25(49)18-54-38(34(33)56-21(2)47)59-28-10-12-44-19-43(44)14-13-41(7)22(15-24(48)35(41)42(8)11-9-29(60-42)40(5,6)53)23(43)16-26(36(44)39(28,3)4)57-37-32(52)31(51)30(50)27(17-45)58-37/h22-38,45,48-53H,9-19H2,1-8H3/t22-,23-,24-,25+,26-,27+,28-,29-,30+,31-,32+,33-,34+,35-,36-,37+,38-,41-,42+,43-,44+/m0/s1. The van der Waals surface area contributed by atoms with E-state index in [0.717, 1.165) is 32.1 Å². The Hall–Kier alpha value is -1.54. The Labute approximate surface area is 352 Å². The molecule has 21 atom stereocenters. The highest BCUT2D eigenvalue weighted by Crippen LogP contribution is 2.87. The van der Waals surface area contributed by atoms with E-state index in [0.29, 0.717) is 25.7 Å². The number of rotatable bonds is 9. The molecule has 0 amide bonds. The van der Waals surface area contributed by atoms with Crippen LogP contribution in [0.1, 0.15) is 113 Å². The molecular weight excluding hydrogens is 784 g/mol. The number of esters is 2. The third kappa shape index (κ3) is 6.92. The lowest BCUT2D eigenvalue weighted by molar-refractivity contribution is -0.337. The molecule has 0 aromatic rings. The molecule has 60 heavy (non-hydrogen) atoms. The fourth-order valence-electron chi connectivity index (χ4n) is 15.0. The van der Waals surface area contributed by atoms with Gasteiger partial charge in [0, 0.05) is 19.8 Å². The lowest BCUT2D eigenvalue weighted by Crippen LogP contribution is -2.64. The average molecular weight is 855 g/mol. The monoisotopic (exact) mass is 854 g/mol. The molecule has 5 aliphatic carbocycles. The zero-order valence-electron chi connectivity index (χ0n) is 36.4. The van der Waals surface area contributed by atoms with Crippen molar-refractivity contribution in [1.82, 2.24) is 0 Å². The van der Waals surface area contributed by atoms with Crippen molar-refractivity contribution >= 4 is 11.9 Å². The Balaban J connectivity index is 1.13. The van der Waals surface area contributed by atoms with Gasteiger partial charge in [-0.25, -0.2) is 0 Å². The van der Waals surface area contributed by atoms with Gasteiger partial charge in [0.25, 0.3) is 0 Å². The van der Waals surface area contributed by atoms with Crippen LogP contribution in [-0.2, 0) is 42.7 Å². The quantitative estimate of drug-likeness (QED) is 0.128. The van der Waals surface area contributed by atoms with Crippen LogP contribution in [0.4, 0.5) is 0 Å². The normalized spacial score (nSPS) is 53.3. The second-order valence-corrected chi connectivity index (χ2v) is 21.6. The summed E-state index contributed by atoms with van der Waals surface area (Å²) < 4.78 is 43.5. The van der Waals surface area contributed by atoms with Crippen LogP contribution in [0.5, 0.6) is 0 Å². The molecule has 0 aromatic carbocycles. The summed E-state index contributed by atoms with van der Waals surface area (Å²) in [6, 6.07) is 0. The summed E-state index contributed by atoms with van der Waals surface area (Å²) in [6.45, 7) is 13.8. The zero-order valence-corrected chi connectivity index (χ0v) is 36.4.